The maximum absolute atomic E-state index is 12.7. The number of ether oxygens (including phenoxy) is 14. The molecule has 4 unspecified atom stereocenters. The molecule has 0 saturated heterocycles. The first-order chi connectivity index (χ1) is 60.7. The number of carbonyl (C=O) groups excluding carboxylic acids is 4. The van der Waals surface area contributed by atoms with E-state index in [1.54, 1.807) is 0 Å². The summed E-state index contributed by atoms with van der Waals surface area (Å²) >= 11 is 0. The summed E-state index contributed by atoms with van der Waals surface area (Å²) in [5.74, 6) is 5.05. The lowest BCUT2D eigenvalue weighted by molar-refractivity contribution is -0.149. The van der Waals surface area contributed by atoms with Gasteiger partial charge in [0.25, 0.3) is 0 Å². The third-order valence-electron chi connectivity index (χ3n) is 23.2. The van der Waals surface area contributed by atoms with Crippen LogP contribution in [0.3, 0.4) is 0 Å². The average Bonchev–Trinajstić information content (AvgIpc) is 0.719. The summed E-state index contributed by atoms with van der Waals surface area (Å²) in [6.45, 7) is 44.3. The van der Waals surface area contributed by atoms with Gasteiger partial charge in [0.15, 0.2) is 18.3 Å². The first-order valence-corrected chi connectivity index (χ1v) is 42.1. The van der Waals surface area contributed by atoms with Crippen LogP contribution in [0.2, 0.25) is 0 Å². The number of rotatable bonds is 34. The molecule has 0 spiro atoms. The van der Waals surface area contributed by atoms with Gasteiger partial charge in [0.05, 0.1) is 13.2 Å². The second-order valence-electron chi connectivity index (χ2n) is 31.4. The summed E-state index contributed by atoms with van der Waals surface area (Å²) in [4.78, 5) is 48.2. The van der Waals surface area contributed by atoms with Crippen molar-refractivity contribution < 1.29 is 85.5 Å². The van der Waals surface area contributed by atoms with Crippen molar-refractivity contribution in [1.82, 2.24) is 0 Å². The summed E-state index contributed by atoms with van der Waals surface area (Å²) in [6.07, 6.45) is 2.80. The highest BCUT2D eigenvalue weighted by atomic mass is 16.6. The van der Waals surface area contributed by atoms with Crippen LogP contribution in [-0.4, -0.2) is 115 Å². The molecule has 654 valence electrons. The molecule has 18 heteroatoms. The molecule has 0 bridgehead atoms. The van der Waals surface area contributed by atoms with Crippen LogP contribution in [0.4, 0.5) is 0 Å². The molecule has 2 aliphatic rings. The molecule has 0 radical (unpaired) electrons. The van der Waals surface area contributed by atoms with Crippen molar-refractivity contribution in [3.05, 3.63) is 344 Å². The van der Waals surface area contributed by atoms with E-state index in [2.05, 4.69) is 135 Å². The predicted molar refractivity (Wildman–Crippen MR) is 495 cm³/mol. The van der Waals surface area contributed by atoms with Crippen LogP contribution in [0.15, 0.2) is 239 Å². The molecule has 18 nitrogen and oxygen atoms in total. The molecule has 2 aliphatic heterocycles. The molecule has 11 aromatic rings. The molecule has 0 saturated carbocycles. The molecule has 4 atom stereocenters. The van der Waals surface area contributed by atoms with Crippen LogP contribution in [-0.2, 0) is 54.0 Å². The Bertz CT molecular complexity index is 5690. The molecule has 126 heavy (non-hydrogen) atoms. The van der Waals surface area contributed by atoms with E-state index in [1.807, 2.05) is 176 Å². The highest BCUT2D eigenvalue weighted by molar-refractivity contribution is 5.83. The Kier molecular flexibility index (Phi) is 32.4. The first-order valence-electron chi connectivity index (χ1n) is 42.1. The standard InChI is InChI=1S/C62H60O9.C38H40O5.C8H14O4/c1-10-54(63)69-52(34-65-50-30-26-47(27-31-50)45-18-14-12-15-19-45)36-67-59-39(4)41(6)61-56(43(59)8)58(49-20-16-13-17-21-49)57-44(9)60(40(5)42(7)62(57)71-61)68-37-53(70-55(64)11-2)35-66-51-32-28-48(29-33-51)46-24-22-38(3)23-25-46;1-9-35(39)42-32(20-40-31-17-15-30(16-18-31)29-13-11-10-12-14-29)21-41-36-26(6)27(7)38-34(28(36)8)19-33-24(4)22(2)23(3)25(5)37(33)43-38;1-4-8(9)12-7(5-10-2)6-11-3/h10-33,52-53,58H,1-2,34-37H2,3-9H3;9-18,32H,1,19-21H2,2-8H3;4,7H,1,5-6H2,2-3H3. The fraction of sp³-hybridized carbons (Fsp3) is 0.278. The number of aryl methyl sites for hydroxylation is 1. The number of hydrogen-bond acceptors (Lipinski definition) is 18. The van der Waals surface area contributed by atoms with Gasteiger partial charge >= 0.3 is 23.9 Å². The summed E-state index contributed by atoms with van der Waals surface area (Å²) in [6, 6.07) is 62.5. The molecule has 11 aromatic carbocycles. The molecule has 0 aromatic heterocycles. The lowest BCUT2D eigenvalue weighted by atomic mass is 9.76. The van der Waals surface area contributed by atoms with Crippen LogP contribution in [0, 0.1) is 96.9 Å². The highest BCUT2D eigenvalue weighted by Crippen LogP contribution is 2.57. The van der Waals surface area contributed by atoms with Crippen LogP contribution >= 0.6 is 0 Å². The van der Waals surface area contributed by atoms with Gasteiger partial charge in [-0.3, -0.25) is 0 Å². The Labute approximate surface area is 741 Å². The van der Waals surface area contributed by atoms with Crippen LogP contribution in [0.1, 0.15) is 112 Å². The van der Waals surface area contributed by atoms with Gasteiger partial charge < -0.3 is 66.3 Å². The zero-order chi connectivity index (χ0) is 90.4. The molecule has 0 aliphatic carbocycles. The number of hydrogen-bond donors (Lipinski definition) is 0. The second kappa shape index (κ2) is 43.8. The van der Waals surface area contributed by atoms with Crippen molar-refractivity contribution in [2.75, 3.05) is 67.1 Å². The Balaban J connectivity index is 0.000000236. The maximum Gasteiger partial charge on any atom is 0.330 e. The minimum atomic E-state index is -0.762. The van der Waals surface area contributed by atoms with Crippen molar-refractivity contribution in [3.63, 3.8) is 0 Å². The van der Waals surface area contributed by atoms with Crippen molar-refractivity contribution in [3.8, 4) is 90.9 Å². The van der Waals surface area contributed by atoms with Crippen molar-refractivity contribution in [2.24, 2.45) is 0 Å². The zero-order valence-corrected chi connectivity index (χ0v) is 75.1. The summed E-state index contributed by atoms with van der Waals surface area (Å²) in [5, 5.41) is 0. The third kappa shape index (κ3) is 22.6. The van der Waals surface area contributed by atoms with E-state index in [0.29, 0.717) is 42.0 Å². The Morgan fingerprint density at radius 1 is 0.302 bits per heavy atom. The fourth-order valence-electron chi connectivity index (χ4n) is 15.6. The van der Waals surface area contributed by atoms with E-state index in [-0.39, 0.29) is 51.7 Å². The van der Waals surface area contributed by atoms with Crippen molar-refractivity contribution in [2.45, 2.75) is 134 Å². The maximum atomic E-state index is 12.7. The average molecular weight is 1700 g/mol. The Morgan fingerprint density at radius 2 is 0.571 bits per heavy atom. The van der Waals surface area contributed by atoms with Gasteiger partial charge in [-0.1, -0.05) is 184 Å². The molecular weight excluding hydrogens is 1590 g/mol. The largest absolute Gasteiger partial charge is 0.490 e. The lowest BCUT2D eigenvalue weighted by Crippen LogP contribution is -2.31. The van der Waals surface area contributed by atoms with E-state index >= 15 is 0 Å². The van der Waals surface area contributed by atoms with E-state index in [4.69, 9.17) is 66.3 Å². The zero-order valence-electron chi connectivity index (χ0n) is 75.1. The second-order valence-corrected chi connectivity index (χ2v) is 31.4. The van der Waals surface area contributed by atoms with Gasteiger partial charge in [-0.05, 0) is 245 Å². The summed E-state index contributed by atoms with van der Waals surface area (Å²) in [7, 11) is 3.06. The van der Waals surface area contributed by atoms with Gasteiger partial charge in [-0.25, -0.2) is 19.2 Å². The summed E-state index contributed by atoms with van der Waals surface area (Å²) < 4.78 is 83.7. The van der Waals surface area contributed by atoms with Gasteiger partial charge in [0.2, 0.25) is 0 Å². The van der Waals surface area contributed by atoms with Gasteiger partial charge in [-0.15, -0.1) is 0 Å². The number of esters is 4. The number of fused-ring (bicyclic) bond motifs is 4. The minimum Gasteiger partial charge on any atom is -0.490 e. The fourth-order valence-corrected chi connectivity index (χ4v) is 15.6. The van der Waals surface area contributed by atoms with Crippen molar-refractivity contribution in [1.29, 1.82) is 0 Å². The molecule has 0 N–H and O–H groups in total. The quantitative estimate of drug-likeness (QED) is 0.0209. The molecule has 0 fully saturated rings. The first kappa shape index (κ1) is 93.3. The topological polar surface area (TPSA) is 197 Å². The molecular formula is C108H114O18. The monoisotopic (exact) mass is 1700 g/mol. The smallest absolute Gasteiger partial charge is 0.330 e. The summed E-state index contributed by atoms with van der Waals surface area (Å²) in [5.41, 5.74) is 26.6. The third-order valence-corrected chi connectivity index (χ3v) is 23.2. The Morgan fingerprint density at radius 3 is 0.913 bits per heavy atom. The van der Waals surface area contributed by atoms with E-state index in [1.165, 1.54) is 47.6 Å². The van der Waals surface area contributed by atoms with E-state index in [9.17, 15) is 19.2 Å². The minimum absolute atomic E-state index is 0.0179. The number of benzene rings is 11. The molecule has 2 heterocycles. The number of methoxy groups -OCH3 is 2. The van der Waals surface area contributed by atoms with Gasteiger partial charge in [0, 0.05) is 73.1 Å². The predicted octanol–water partition coefficient (Wildman–Crippen LogP) is 22.7. The van der Waals surface area contributed by atoms with E-state index in [0.717, 1.165) is 165 Å². The Hall–Kier alpha value is -13.4. The van der Waals surface area contributed by atoms with Crippen molar-refractivity contribution >= 4 is 23.9 Å². The van der Waals surface area contributed by atoms with Crippen LogP contribution in [0.5, 0.6) is 57.5 Å². The molecule has 13 rings (SSSR count). The normalized spacial score (nSPS) is 12.7. The lowest BCUT2D eigenvalue weighted by Gasteiger charge is -2.36. The van der Waals surface area contributed by atoms with Crippen LogP contribution in [0.25, 0.3) is 33.4 Å². The SMILES string of the molecule is C=CC(=O)OC(COC)COC.C=CC(=O)OC(COc1ccc(-c2ccccc2)cc1)COc1c(C)c(C)c2c(c1C)C(c1ccccc1)c1c(C)c(OCC(COc3ccc(-c4ccc(C)cc4)cc3)OC(=O)C=C)c(C)c(C)c1O2.C=CC(=O)OC(COc1ccc(-c2ccccc2)cc1)COc1c(C)c(C)c2c(c1C)Cc1c(C)c(C)c(C)c(C)c1O2. The number of carbonyl (C=O) groups is 4. The van der Waals surface area contributed by atoms with E-state index < -0.39 is 42.2 Å². The van der Waals surface area contributed by atoms with Crippen LogP contribution < -0.4 is 37.9 Å². The van der Waals surface area contributed by atoms with Gasteiger partial charge in [0.1, 0.15) is 103 Å². The highest BCUT2D eigenvalue weighted by Gasteiger charge is 2.39. The van der Waals surface area contributed by atoms with Gasteiger partial charge in [-0.2, -0.15) is 0 Å². The molecule has 0 amide bonds.